The lowest BCUT2D eigenvalue weighted by atomic mass is 9.98. The maximum atomic E-state index is 13.8. The zero-order chi connectivity index (χ0) is 13.4. The third-order valence-electron chi connectivity index (χ3n) is 3.27. The molecule has 4 heteroatoms. The first kappa shape index (κ1) is 12.6. The Morgan fingerprint density at radius 2 is 2.00 bits per heavy atom. The van der Waals surface area contributed by atoms with Gasteiger partial charge in [0.15, 0.2) is 0 Å². The Morgan fingerprint density at radius 1 is 1.21 bits per heavy atom. The van der Waals surface area contributed by atoms with Gasteiger partial charge in [0.1, 0.15) is 17.7 Å². The molecule has 0 radical (unpaired) electrons. The second kappa shape index (κ2) is 4.94. The summed E-state index contributed by atoms with van der Waals surface area (Å²) in [6.45, 7) is 0.600. The minimum atomic E-state index is -1.02. The van der Waals surface area contributed by atoms with Crippen LogP contribution in [0, 0.1) is 5.82 Å². The Labute approximate surface area is 119 Å². The number of ether oxygens (including phenoxy) is 1. The fraction of sp³-hybridized carbons (Fsp3) is 0.200. The van der Waals surface area contributed by atoms with Crippen LogP contribution in [-0.4, -0.2) is 11.7 Å². The number of fused-ring (bicyclic) bond motifs is 1. The first-order valence-corrected chi connectivity index (χ1v) is 6.83. The molecular formula is C15H12BrFO2. The SMILES string of the molecule is OC(c1ccccc1F)c1cc(Br)cc2c1OCC2. The van der Waals surface area contributed by atoms with Gasteiger partial charge in [-0.1, -0.05) is 34.1 Å². The number of aliphatic hydroxyl groups is 1. The van der Waals surface area contributed by atoms with Crippen LogP contribution in [0.4, 0.5) is 4.39 Å². The lowest BCUT2D eigenvalue weighted by molar-refractivity contribution is 0.208. The van der Waals surface area contributed by atoms with E-state index in [1.54, 1.807) is 24.3 Å². The largest absolute Gasteiger partial charge is 0.493 e. The van der Waals surface area contributed by atoms with Gasteiger partial charge in [-0.3, -0.25) is 0 Å². The average molecular weight is 323 g/mol. The molecule has 0 fully saturated rings. The molecule has 1 atom stereocenters. The van der Waals surface area contributed by atoms with Gasteiger partial charge in [-0.25, -0.2) is 4.39 Å². The Balaban J connectivity index is 2.10. The molecule has 1 aliphatic heterocycles. The predicted molar refractivity (Wildman–Crippen MR) is 73.8 cm³/mol. The van der Waals surface area contributed by atoms with Gasteiger partial charge in [0.25, 0.3) is 0 Å². The minimum Gasteiger partial charge on any atom is -0.493 e. The molecule has 1 unspecified atom stereocenters. The van der Waals surface area contributed by atoms with E-state index in [-0.39, 0.29) is 5.56 Å². The van der Waals surface area contributed by atoms with Crippen molar-refractivity contribution in [3.8, 4) is 5.75 Å². The molecule has 98 valence electrons. The third-order valence-corrected chi connectivity index (χ3v) is 3.73. The van der Waals surface area contributed by atoms with Gasteiger partial charge in [0.2, 0.25) is 0 Å². The van der Waals surface area contributed by atoms with Gasteiger partial charge >= 0.3 is 0 Å². The highest BCUT2D eigenvalue weighted by molar-refractivity contribution is 9.10. The van der Waals surface area contributed by atoms with Crippen molar-refractivity contribution in [1.82, 2.24) is 0 Å². The molecule has 0 saturated heterocycles. The van der Waals surface area contributed by atoms with E-state index >= 15 is 0 Å². The Kier molecular flexibility index (Phi) is 3.29. The van der Waals surface area contributed by atoms with E-state index in [9.17, 15) is 9.50 Å². The Bertz CT molecular complexity index is 628. The maximum absolute atomic E-state index is 13.8. The van der Waals surface area contributed by atoms with Crippen molar-refractivity contribution in [3.05, 3.63) is 63.4 Å². The topological polar surface area (TPSA) is 29.5 Å². The summed E-state index contributed by atoms with van der Waals surface area (Å²) in [5, 5.41) is 10.4. The fourth-order valence-electron chi connectivity index (χ4n) is 2.37. The van der Waals surface area contributed by atoms with Gasteiger partial charge in [-0.2, -0.15) is 0 Å². The van der Waals surface area contributed by atoms with Crippen molar-refractivity contribution in [2.75, 3.05) is 6.61 Å². The number of aliphatic hydroxyl groups excluding tert-OH is 1. The summed E-state index contributed by atoms with van der Waals surface area (Å²) in [5.41, 5.74) is 1.91. The average Bonchev–Trinajstić information content (AvgIpc) is 2.85. The van der Waals surface area contributed by atoms with Crippen LogP contribution in [0.1, 0.15) is 22.8 Å². The standard InChI is InChI=1S/C15H12BrFO2/c16-10-7-9-5-6-19-15(9)12(8-10)14(18)11-3-1-2-4-13(11)17/h1-4,7-8,14,18H,5-6H2. The van der Waals surface area contributed by atoms with Gasteiger partial charge in [0, 0.05) is 22.0 Å². The highest BCUT2D eigenvalue weighted by Gasteiger charge is 2.24. The first-order valence-electron chi connectivity index (χ1n) is 6.04. The van der Waals surface area contributed by atoms with Crippen LogP contribution >= 0.6 is 15.9 Å². The molecule has 2 nitrogen and oxygen atoms in total. The summed E-state index contributed by atoms with van der Waals surface area (Å²) in [4.78, 5) is 0. The van der Waals surface area contributed by atoms with E-state index in [1.807, 2.05) is 6.07 Å². The second-order valence-electron chi connectivity index (χ2n) is 4.51. The molecule has 0 amide bonds. The van der Waals surface area contributed by atoms with Crippen LogP contribution in [0.15, 0.2) is 40.9 Å². The Hall–Kier alpha value is -1.39. The van der Waals surface area contributed by atoms with Gasteiger partial charge in [-0.15, -0.1) is 0 Å². The summed E-state index contributed by atoms with van der Waals surface area (Å²) in [5.74, 6) is 0.265. The number of benzene rings is 2. The molecular weight excluding hydrogens is 311 g/mol. The van der Waals surface area contributed by atoms with E-state index in [1.165, 1.54) is 6.07 Å². The monoisotopic (exact) mass is 322 g/mol. The van der Waals surface area contributed by atoms with Crippen LogP contribution < -0.4 is 4.74 Å². The van der Waals surface area contributed by atoms with Crippen LogP contribution in [0.25, 0.3) is 0 Å². The molecule has 0 bridgehead atoms. The molecule has 3 rings (SSSR count). The van der Waals surface area contributed by atoms with Crippen LogP contribution in [0.5, 0.6) is 5.75 Å². The van der Waals surface area contributed by atoms with Crippen molar-refractivity contribution >= 4 is 15.9 Å². The highest BCUT2D eigenvalue weighted by atomic mass is 79.9. The molecule has 1 heterocycles. The minimum absolute atomic E-state index is 0.262. The number of hydrogen-bond acceptors (Lipinski definition) is 2. The van der Waals surface area contributed by atoms with Crippen LogP contribution in [0.2, 0.25) is 0 Å². The summed E-state index contributed by atoms with van der Waals surface area (Å²) in [7, 11) is 0. The molecule has 0 spiro atoms. The number of hydrogen-bond donors (Lipinski definition) is 1. The molecule has 0 aromatic heterocycles. The first-order chi connectivity index (χ1) is 9.16. The van der Waals surface area contributed by atoms with E-state index in [4.69, 9.17) is 4.74 Å². The van der Waals surface area contributed by atoms with Crippen LogP contribution in [-0.2, 0) is 6.42 Å². The van der Waals surface area contributed by atoms with Crippen molar-refractivity contribution in [3.63, 3.8) is 0 Å². The zero-order valence-corrected chi connectivity index (χ0v) is 11.7. The van der Waals surface area contributed by atoms with E-state index in [2.05, 4.69) is 15.9 Å². The van der Waals surface area contributed by atoms with Crippen molar-refractivity contribution in [1.29, 1.82) is 0 Å². The third kappa shape index (κ3) is 2.26. The van der Waals surface area contributed by atoms with Gasteiger partial charge in [-0.05, 0) is 23.8 Å². The van der Waals surface area contributed by atoms with E-state index in [0.717, 1.165) is 16.5 Å². The Morgan fingerprint density at radius 3 is 2.79 bits per heavy atom. The maximum Gasteiger partial charge on any atom is 0.129 e. The fourth-order valence-corrected chi connectivity index (χ4v) is 2.89. The summed E-state index contributed by atoms with van der Waals surface area (Å²) in [6, 6.07) is 10.00. The molecule has 2 aromatic rings. The lowest BCUT2D eigenvalue weighted by Crippen LogP contribution is -2.04. The van der Waals surface area contributed by atoms with Crippen molar-refractivity contribution in [2.24, 2.45) is 0 Å². The summed E-state index contributed by atoms with van der Waals surface area (Å²) >= 11 is 3.41. The normalized spacial score (nSPS) is 14.9. The number of rotatable bonds is 2. The highest BCUT2D eigenvalue weighted by Crippen LogP contribution is 2.39. The molecule has 0 saturated carbocycles. The van der Waals surface area contributed by atoms with E-state index < -0.39 is 11.9 Å². The molecule has 2 aromatic carbocycles. The summed E-state index contributed by atoms with van der Waals surface area (Å²) < 4.78 is 20.2. The molecule has 1 aliphatic rings. The smallest absolute Gasteiger partial charge is 0.129 e. The van der Waals surface area contributed by atoms with Crippen LogP contribution in [0.3, 0.4) is 0 Å². The predicted octanol–water partition coefficient (Wildman–Crippen LogP) is 3.60. The lowest BCUT2D eigenvalue weighted by Gasteiger charge is -2.16. The number of halogens is 2. The molecule has 19 heavy (non-hydrogen) atoms. The quantitative estimate of drug-likeness (QED) is 0.915. The zero-order valence-electron chi connectivity index (χ0n) is 10.1. The summed E-state index contributed by atoms with van der Waals surface area (Å²) in [6.07, 6.45) is -0.211. The molecule has 0 aliphatic carbocycles. The van der Waals surface area contributed by atoms with Crippen molar-refractivity contribution < 1.29 is 14.2 Å². The van der Waals surface area contributed by atoms with Crippen molar-refractivity contribution in [2.45, 2.75) is 12.5 Å². The second-order valence-corrected chi connectivity index (χ2v) is 5.42. The molecule has 1 N–H and O–H groups in total. The van der Waals surface area contributed by atoms with Gasteiger partial charge < -0.3 is 9.84 Å². The van der Waals surface area contributed by atoms with E-state index in [0.29, 0.717) is 17.9 Å². The van der Waals surface area contributed by atoms with Gasteiger partial charge in [0.05, 0.1) is 6.61 Å².